The highest BCUT2D eigenvalue weighted by atomic mass is 35.5. The molecule has 0 atom stereocenters. The highest BCUT2D eigenvalue weighted by molar-refractivity contribution is 7.66. The van der Waals surface area contributed by atoms with Crippen LogP contribution in [0.2, 0.25) is 5.15 Å². The number of aryl methyl sites for hydroxylation is 1. The van der Waals surface area contributed by atoms with Crippen LogP contribution in [-0.2, 0) is 0 Å². The minimum absolute atomic E-state index is 0.413. The van der Waals surface area contributed by atoms with Gasteiger partial charge in [-0.15, -0.1) is 0 Å². The van der Waals surface area contributed by atoms with E-state index in [4.69, 9.17) is 16.1 Å². The summed E-state index contributed by atoms with van der Waals surface area (Å²) >= 11 is 5.75. The van der Waals surface area contributed by atoms with Gasteiger partial charge in [0, 0.05) is 16.6 Å². The SMILES string of the molecule is Cc1cc(N=c2ssnc2Cl)no1. The zero-order valence-corrected chi connectivity index (χ0v) is 8.91. The Morgan fingerprint density at radius 3 is 3.00 bits per heavy atom. The van der Waals surface area contributed by atoms with Gasteiger partial charge >= 0.3 is 0 Å². The molecule has 2 aromatic heterocycles. The molecule has 0 aromatic carbocycles. The van der Waals surface area contributed by atoms with Crippen molar-refractivity contribution in [1.82, 2.24) is 9.53 Å². The lowest BCUT2D eigenvalue weighted by Gasteiger charge is -1.77. The Hall–Kier alpha value is -0.720. The third-order valence-corrected chi connectivity index (χ3v) is 3.41. The average molecular weight is 234 g/mol. The number of aromatic nitrogens is 2. The van der Waals surface area contributed by atoms with Crippen molar-refractivity contribution in [2.75, 3.05) is 0 Å². The average Bonchev–Trinajstić information content (AvgIpc) is 2.64. The van der Waals surface area contributed by atoms with Crippen LogP contribution >= 0.6 is 32.5 Å². The summed E-state index contributed by atoms with van der Waals surface area (Å²) in [4.78, 5) is 4.15. The lowest BCUT2D eigenvalue weighted by Crippen LogP contribution is -1.92. The summed E-state index contributed by atoms with van der Waals surface area (Å²) < 4.78 is 9.41. The van der Waals surface area contributed by atoms with Crippen LogP contribution in [-0.4, -0.2) is 9.53 Å². The molecule has 0 aliphatic rings. The van der Waals surface area contributed by atoms with Gasteiger partial charge in [0.2, 0.25) is 0 Å². The van der Waals surface area contributed by atoms with Gasteiger partial charge < -0.3 is 4.52 Å². The molecular weight excluding hydrogens is 230 g/mol. The second kappa shape index (κ2) is 3.57. The van der Waals surface area contributed by atoms with E-state index < -0.39 is 0 Å². The highest BCUT2D eigenvalue weighted by Gasteiger charge is 2.00. The molecule has 0 bridgehead atoms. The summed E-state index contributed by atoms with van der Waals surface area (Å²) in [5.41, 5.74) is 0. The van der Waals surface area contributed by atoms with Gasteiger partial charge in [-0.1, -0.05) is 16.8 Å². The molecule has 0 aliphatic heterocycles. The van der Waals surface area contributed by atoms with Crippen LogP contribution in [0.25, 0.3) is 0 Å². The zero-order valence-electron chi connectivity index (χ0n) is 6.52. The Morgan fingerprint density at radius 1 is 1.62 bits per heavy atom. The predicted octanol–water partition coefficient (Wildman–Crippen LogP) is 2.39. The van der Waals surface area contributed by atoms with E-state index >= 15 is 0 Å². The van der Waals surface area contributed by atoms with Crippen LogP contribution in [0.4, 0.5) is 5.82 Å². The largest absolute Gasteiger partial charge is 0.359 e. The molecule has 0 saturated heterocycles. The van der Waals surface area contributed by atoms with Crippen molar-refractivity contribution >= 4 is 38.3 Å². The summed E-state index contributed by atoms with van der Waals surface area (Å²) in [6, 6.07) is 1.74. The topological polar surface area (TPSA) is 51.3 Å². The van der Waals surface area contributed by atoms with Gasteiger partial charge in [-0.25, -0.2) is 4.99 Å². The molecular formula is C6H4ClN3OS2. The smallest absolute Gasteiger partial charge is 0.196 e. The zero-order chi connectivity index (χ0) is 9.26. The van der Waals surface area contributed by atoms with Crippen molar-refractivity contribution in [2.24, 2.45) is 4.99 Å². The predicted molar refractivity (Wildman–Crippen MR) is 51.5 cm³/mol. The maximum Gasteiger partial charge on any atom is 0.196 e. The number of hydrogen-bond donors (Lipinski definition) is 0. The summed E-state index contributed by atoms with van der Waals surface area (Å²) in [7, 11) is 2.70. The molecule has 4 nitrogen and oxygen atoms in total. The fourth-order valence-electron chi connectivity index (χ4n) is 0.735. The van der Waals surface area contributed by atoms with E-state index in [1.807, 2.05) is 6.92 Å². The molecule has 0 fully saturated rings. The molecule has 0 N–H and O–H groups in total. The summed E-state index contributed by atoms with van der Waals surface area (Å²) in [6.45, 7) is 1.81. The summed E-state index contributed by atoms with van der Waals surface area (Å²) in [6.07, 6.45) is 0. The van der Waals surface area contributed by atoms with Gasteiger partial charge in [0.25, 0.3) is 0 Å². The number of hydrogen-bond acceptors (Lipinski definition) is 6. The Balaban J connectivity index is 2.46. The molecule has 7 heteroatoms. The first-order valence-electron chi connectivity index (χ1n) is 3.35. The van der Waals surface area contributed by atoms with E-state index in [0.29, 0.717) is 15.6 Å². The van der Waals surface area contributed by atoms with E-state index in [1.54, 1.807) is 6.07 Å². The lowest BCUT2D eigenvalue weighted by atomic mass is 10.5. The third-order valence-electron chi connectivity index (χ3n) is 1.24. The van der Waals surface area contributed by atoms with E-state index in [0.717, 1.165) is 5.76 Å². The fraction of sp³-hybridized carbons (Fsp3) is 0.167. The molecule has 68 valence electrons. The van der Waals surface area contributed by atoms with E-state index in [2.05, 4.69) is 14.5 Å². The molecule has 13 heavy (non-hydrogen) atoms. The molecule has 0 amide bonds. The Kier molecular flexibility index (Phi) is 2.43. The van der Waals surface area contributed by atoms with Crippen molar-refractivity contribution in [3.05, 3.63) is 21.7 Å². The third kappa shape index (κ3) is 1.96. The molecule has 0 radical (unpaired) electrons. The second-order valence-corrected chi connectivity index (χ2v) is 4.44. The van der Waals surface area contributed by atoms with Crippen molar-refractivity contribution < 1.29 is 4.52 Å². The number of nitrogens with zero attached hydrogens (tertiary/aromatic N) is 3. The maximum absolute atomic E-state index is 5.75. The van der Waals surface area contributed by atoms with Crippen LogP contribution in [0.3, 0.4) is 0 Å². The molecule has 2 aromatic rings. The van der Waals surface area contributed by atoms with Crippen LogP contribution in [0, 0.1) is 6.92 Å². The van der Waals surface area contributed by atoms with Crippen molar-refractivity contribution in [1.29, 1.82) is 0 Å². The lowest BCUT2D eigenvalue weighted by molar-refractivity contribution is 0.399. The van der Waals surface area contributed by atoms with E-state index in [-0.39, 0.29) is 0 Å². The van der Waals surface area contributed by atoms with Gasteiger partial charge in [0.05, 0.1) is 0 Å². The first-order chi connectivity index (χ1) is 6.25. The minimum Gasteiger partial charge on any atom is -0.359 e. The quantitative estimate of drug-likeness (QED) is 0.711. The minimum atomic E-state index is 0.413. The highest BCUT2D eigenvalue weighted by Crippen LogP contribution is 2.12. The maximum atomic E-state index is 5.75. The first-order valence-corrected chi connectivity index (χ1v) is 5.84. The van der Waals surface area contributed by atoms with Gasteiger partial charge in [0.15, 0.2) is 15.6 Å². The monoisotopic (exact) mass is 233 g/mol. The molecule has 0 saturated carbocycles. The van der Waals surface area contributed by atoms with Crippen LogP contribution in [0.5, 0.6) is 0 Å². The summed E-state index contributed by atoms with van der Waals surface area (Å²) in [5.74, 6) is 1.25. The van der Waals surface area contributed by atoms with Crippen LogP contribution in [0.1, 0.15) is 5.76 Å². The van der Waals surface area contributed by atoms with Gasteiger partial charge in [-0.3, -0.25) is 0 Å². The second-order valence-electron chi connectivity index (χ2n) is 2.25. The Labute approximate surface area is 86.0 Å². The van der Waals surface area contributed by atoms with Gasteiger partial charge in [-0.2, -0.15) is 4.37 Å². The van der Waals surface area contributed by atoms with Crippen LogP contribution < -0.4 is 4.67 Å². The van der Waals surface area contributed by atoms with E-state index in [1.165, 1.54) is 20.9 Å². The number of halogens is 1. The summed E-state index contributed by atoms with van der Waals surface area (Å²) in [5, 5.41) is 4.13. The molecule has 0 unspecified atom stereocenters. The van der Waals surface area contributed by atoms with Crippen molar-refractivity contribution in [3.63, 3.8) is 0 Å². The first kappa shape index (κ1) is 8.86. The van der Waals surface area contributed by atoms with Gasteiger partial charge in [0.1, 0.15) is 5.76 Å². The fourth-order valence-corrected chi connectivity index (χ4v) is 2.71. The molecule has 2 rings (SSSR count). The van der Waals surface area contributed by atoms with E-state index in [9.17, 15) is 0 Å². The molecule has 0 spiro atoms. The Morgan fingerprint density at radius 2 is 2.46 bits per heavy atom. The molecule has 2 heterocycles. The normalized spacial score (nSPS) is 12.3. The number of rotatable bonds is 1. The van der Waals surface area contributed by atoms with Gasteiger partial charge in [-0.05, 0) is 17.3 Å². The Bertz CT molecular complexity index is 472. The van der Waals surface area contributed by atoms with Crippen LogP contribution in [0.15, 0.2) is 15.6 Å². The van der Waals surface area contributed by atoms with Crippen molar-refractivity contribution in [2.45, 2.75) is 6.92 Å². The standard InChI is InChI=1S/C6H4ClN3OS2/c1-3-2-4(9-11-3)8-6-5(7)10-13-12-6/h2H,1H3. The molecule has 0 aliphatic carbocycles. The van der Waals surface area contributed by atoms with Crippen molar-refractivity contribution in [3.8, 4) is 0 Å².